The molecule has 2 aromatic rings. The molecule has 0 radical (unpaired) electrons. The van der Waals surface area contributed by atoms with Crippen LogP contribution in [-0.2, 0) is 16.1 Å². The molecule has 0 aliphatic rings. The third-order valence-electron chi connectivity index (χ3n) is 3.24. The number of carboxylic acids is 1. The van der Waals surface area contributed by atoms with Crippen LogP contribution < -0.4 is 10.9 Å². The molecule has 1 aromatic carbocycles. The molecule has 0 saturated carbocycles. The van der Waals surface area contributed by atoms with Gasteiger partial charge < -0.3 is 10.4 Å². The molecule has 22 heavy (non-hydrogen) atoms. The molecule has 2 rings (SSSR count). The van der Waals surface area contributed by atoms with Crippen LogP contribution in [0.15, 0.2) is 35.4 Å². The number of carbonyl (C=O) groups is 2. The first-order chi connectivity index (χ1) is 10.5. The quantitative estimate of drug-likeness (QED) is 0.820. The van der Waals surface area contributed by atoms with Crippen LogP contribution in [0.3, 0.4) is 0 Å². The van der Waals surface area contributed by atoms with E-state index in [1.807, 2.05) is 0 Å². The highest BCUT2D eigenvalue weighted by Gasteiger charge is 2.11. The van der Waals surface area contributed by atoms with Crippen LogP contribution in [0, 0.1) is 0 Å². The molecule has 0 saturated heterocycles. The van der Waals surface area contributed by atoms with Gasteiger partial charge >= 0.3 is 5.97 Å². The van der Waals surface area contributed by atoms with E-state index in [4.69, 9.17) is 5.11 Å². The molecule has 1 unspecified atom stereocenters. The second kappa shape index (κ2) is 6.84. The highest BCUT2D eigenvalue weighted by atomic mass is 16.4. The minimum atomic E-state index is -0.906. The van der Waals surface area contributed by atoms with E-state index in [9.17, 15) is 14.4 Å². The van der Waals surface area contributed by atoms with Crippen LogP contribution in [0.25, 0.3) is 10.9 Å². The molecule has 0 aliphatic heterocycles. The summed E-state index contributed by atoms with van der Waals surface area (Å²) in [5.41, 5.74) is 0.304. The van der Waals surface area contributed by atoms with Gasteiger partial charge in [-0.3, -0.25) is 19.0 Å². The Labute approximate surface area is 126 Å². The van der Waals surface area contributed by atoms with E-state index in [1.165, 1.54) is 10.9 Å². The Morgan fingerprint density at radius 1 is 1.36 bits per heavy atom. The molecule has 1 amide bonds. The Morgan fingerprint density at radius 2 is 2.09 bits per heavy atom. The molecule has 7 nitrogen and oxygen atoms in total. The second-order valence-corrected chi connectivity index (χ2v) is 5.10. The van der Waals surface area contributed by atoms with E-state index in [-0.39, 0.29) is 30.5 Å². The molecular formula is C15H17N3O4. The van der Waals surface area contributed by atoms with Gasteiger partial charge in [-0.05, 0) is 25.5 Å². The van der Waals surface area contributed by atoms with Crippen LogP contribution in [0.1, 0.15) is 19.8 Å². The van der Waals surface area contributed by atoms with Crippen LogP contribution in [0.4, 0.5) is 0 Å². The number of rotatable bonds is 6. The van der Waals surface area contributed by atoms with Gasteiger partial charge in [-0.25, -0.2) is 4.98 Å². The molecule has 116 valence electrons. The summed E-state index contributed by atoms with van der Waals surface area (Å²) in [6.45, 7) is 1.58. The van der Waals surface area contributed by atoms with Crippen molar-refractivity contribution in [2.75, 3.05) is 0 Å². The number of benzene rings is 1. The zero-order valence-corrected chi connectivity index (χ0v) is 12.2. The lowest BCUT2D eigenvalue weighted by Gasteiger charge is -2.13. The fourth-order valence-electron chi connectivity index (χ4n) is 2.11. The zero-order chi connectivity index (χ0) is 16.1. The fraction of sp³-hybridized carbons (Fsp3) is 0.333. The average molecular weight is 303 g/mol. The highest BCUT2D eigenvalue weighted by Crippen LogP contribution is 2.04. The predicted octanol–water partition coefficient (Wildman–Crippen LogP) is 0.766. The third-order valence-corrected chi connectivity index (χ3v) is 3.24. The molecule has 0 spiro atoms. The van der Waals surface area contributed by atoms with Crippen molar-refractivity contribution >= 4 is 22.8 Å². The summed E-state index contributed by atoms with van der Waals surface area (Å²) < 4.78 is 1.24. The van der Waals surface area contributed by atoms with Gasteiger partial charge in [0.25, 0.3) is 5.56 Å². The van der Waals surface area contributed by atoms with E-state index in [0.717, 1.165) is 0 Å². The minimum absolute atomic E-state index is 0.0150. The second-order valence-electron chi connectivity index (χ2n) is 5.10. The van der Waals surface area contributed by atoms with Gasteiger partial charge in [0.05, 0.1) is 17.2 Å². The summed E-state index contributed by atoms with van der Waals surface area (Å²) >= 11 is 0. The van der Waals surface area contributed by atoms with E-state index in [2.05, 4.69) is 10.3 Å². The van der Waals surface area contributed by atoms with Crippen molar-refractivity contribution in [2.24, 2.45) is 0 Å². The van der Waals surface area contributed by atoms with Crippen LogP contribution >= 0.6 is 0 Å². The molecule has 0 aliphatic carbocycles. The number of para-hydroxylation sites is 1. The smallest absolute Gasteiger partial charge is 0.303 e. The Balaban J connectivity index is 2.04. The standard InChI is InChI=1S/C15H17N3O4/c1-10(6-7-14(20)21)17-13(19)8-18-9-16-12-5-3-2-4-11(12)15(18)22/h2-5,9-10H,6-8H2,1H3,(H,17,19)(H,20,21). The van der Waals surface area contributed by atoms with Crippen molar-refractivity contribution in [3.05, 3.63) is 40.9 Å². The third kappa shape index (κ3) is 3.91. The van der Waals surface area contributed by atoms with E-state index in [1.54, 1.807) is 31.2 Å². The van der Waals surface area contributed by atoms with Crippen molar-refractivity contribution in [3.63, 3.8) is 0 Å². The lowest BCUT2D eigenvalue weighted by molar-refractivity contribution is -0.137. The summed E-state index contributed by atoms with van der Waals surface area (Å²) in [5, 5.41) is 11.7. The number of aromatic nitrogens is 2. The minimum Gasteiger partial charge on any atom is -0.481 e. The van der Waals surface area contributed by atoms with Gasteiger partial charge in [-0.1, -0.05) is 12.1 Å². The highest BCUT2D eigenvalue weighted by molar-refractivity contribution is 5.79. The number of carboxylic acid groups (broad SMARTS) is 1. The predicted molar refractivity (Wildman–Crippen MR) is 80.5 cm³/mol. The first-order valence-corrected chi connectivity index (χ1v) is 6.92. The summed E-state index contributed by atoms with van der Waals surface area (Å²) in [4.78, 5) is 38.8. The fourth-order valence-corrected chi connectivity index (χ4v) is 2.11. The molecule has 0 fully saturated rings. The van der Waals surface area contributed by atoms with Crippen molar-refractivity contribution < 1.29 is 14.7 Å². The maximum atomic E-state index is 12.2. The Hall–Kier alpha value is -2.70. The van der Waals surface area contributed by atoms with Crippen LogP contribution in [-0.4, -0.2) is 32.6 Å². The molecular weight excluding hydrogens is 286 g/mol. The van der Waals surface area contributed by atoms with Gasteiger partial charge in [0, 0.05) is 12.5 Å². The normalized spacial score (nSPS) is 12.0. The topological polar surface area (TPSA) is 101 Å². The van der Waals surface area contributed by atoms with Crippen molar-refractivity contribution in [1.82, 2.24) is 14.9 Å². The number of nitrogens with one attached hydrogen (secondary N) is 1. The molecule has 7 heteroatoms. The lowest BCUT2D eigenvalue weighted by atomic mass is 10.2. The molecule has 0 bridgehead atoms. The van der Waals surface area contributed by atoms with Crippen LogP contribution in [0.2, 0.25) is 0 Å². The number of nitrogens with zero attached hydrogens (tertiary/aromatic N) is 2. The Kier molecular flexibility index (Phi) is 4.88. The number of hydrogen-bond acceptors (Lipinski definition) is 4. The summed E-state index contributed by atoms with van der Waals surface area (Å²) in [5.74, 6) is -1.26. The monoisotopic (exact) mass is 303 g/mol. The maximum Gasteiger partial charge on any atom is 0.303 e. The SMILES string of the molecule is CC(CCC(=O)O)NC(=O)Cn1cnc2ccccc2c1=O. The first-order valence-electron chi connectivity index (χ1n) is 6.92. The molecule has 1 aromatic heterocycles. The van der Waals surface area contributed by atoms with Crippen LogP contribution in [0.5, 0.6) is 0 Å². The van der Waals surface area contributed by atoms with Gasteiger partial charge in [-0.2, -0.15) is 0 Å². The van der Waals surface area contributed by atoms with Gasteiger partial charge in [-0.15, -0.1) is 0 Å². The van der Waals surface area contributed by atoms with Gasteiger partial charge in [0.1, 0.15) is 6.54 Å². The molecule has 1 atom stereocenters. The number of amides is 1. The van der Waals surface area contributed by atoms with E-state index < -0.39 is 5.97 Å². The molecule has 2 N–H and O–H groups in total. The van der Waals surface area contributed by atoms with Gasteiger partial charge in [0.15, 0.2) is 0 Å². The van der Waals surface area contributed by atoms with Crippen molar-refractivity contribution in [2.45, 2.75) is 32.4 Å². The summed E-state index contributed by atoms with van der Waals surface area (Å²) in [6.07, 6.45) is 1.66. The van der Waals surface area contributed by atoms with Crippen molar-refractivity contribution in [1.29, 1.82) is 0 Å². The number of carbonyl (C=O) groups excluding carboxylic acids is 1. The van der Waals surface area contributed by atoms with Gasteiger partial charge in [0.2, 0.25) is 5.91 Å². The largest absolute Gasteiger partial charge is 0.481 e. The van der Waals surface area contributed by atoms with Crippen molar-refractivity contribution in [3.8, 4) is 0 Å². The lowest BCUT2D eigenvalue weighted by Crippen LogP contribution is -2.37. The number of fused-ring (bicyclic) bond motifs is 1. The first kappa shape index (κ1) is 15.7. The maximum absolute atomic E-state index is 12.2. The number of hydrogen-bond donors (Lipinski definition) is 2. The van der Waals surface area contributed by atoms with E-state index >= 15 is 0 Å². The summed E-state index contributed by atoms with van der Waals surface area (Å²) in [7, 11) is 0. The molecule has 1 heterocycles. The zero-order valence-electron chi connectivity index (χ0n) is 12.2. The summed E-state index contributed by atoms with van der Waals surface area (Å²) in [6, 6.07) is 6.65. The Bertz CT molecular complexity index is 754. The number of aliphatic carboxylic acids is 1. The van der Waals surface area contributed by atoms with E-state index in [0.29, 0.717) is 17.3 Å². The Morgan fingerprint density at radius 3 is 2.82 bits per heavy atom. The average Bonchev–Trinajstić information content (AvgIpc) is 2.48.